The first kappa shape index (κ1) is 20.2. The van der Waals surface area contributed by atoms with Gasteiger partial charge in [-0.15, -0.1) is 5.10 Å². The molecule has 1 atom stereocenters. The Labute approximate surface area is 180 Å². The molecule has 154 valence electrons. The Morgan fingerprint density at radius 2 is 1.77 bits per heavy atom. The van der Waals surface area contributed by atoms with Crippen LogP contribution in [0, 0.1) is 6.92 Å². The summed E-state index contributed by atoms with van der Waals surface area (Å²) in [6.45, 7) is 2.00. The van der Waals surface area contributed by atoms with Crippen LogP contribution >= 0.6 is 11.5 Å². The second kappa shape index (κ2) is 9.17. The third-order valence-corrected chi connectivity index (χ3v) is 5.94. The normalized spacial score (nSPS) is 15.0. The zero-order chi connectivity index (χ0) is 20.9. The lowest BCUT2D eigenvalue weighted by Crippen LogP contribution is -2.46. The first-order valence-electron chi connectivity index (χ1n) is 10.2. The van der Waals surface area contributed by atoms with Crippen molar-refractivity contribution in [3.63, 3.8) is 0 Å². The third kappa shape index (κ3) is 4.41. The van der Waals surface area contributed by atoms with Gasteiger partial charge in [0.1, 0.15) is 6.04 Å². The SMILES string of the molecule is Cc1ccc([C@H](C(=O)NC2CCCC2)N(C(=O)c2csnn2)c2ccccc2)cc1. The largest absolute Gasteiger partial charge is 0.351 e. The molecule has 1 aliphatic rings. The zero-order valence-corrected chi connectivity index (χ0v) is 17.6. The van der Waals surface area contributed by atoms with Gasteiger partial charge in [-0.05, 0) is 49.0 Å². The second-order valence-electron chi connectivity index (χ2n) is 7.60. The predicted molar refractivity (Wildman–Crippen MR) is 117 cm³/mol. The van der Waals surface area contributed by atoms with Crippen molar-refractivity contribution in [3.05, 3.63) is 76.8 Å². The first-order valence-corrected chi connectivity index (χ1v) is 11.0. The molecule has 2 aromatic carbocycles. The van der Waals surface area contributed by atoms with Gasteiger partial charge in [0.15, 0.2) is 5.69 Å². The van der Waals surface area contributed by atoms with Gasteiger partial charge in [-0.1, -0.05) is 65.4 Å². The van der Waals surface area contributed by atoms with E-state index in [9.17, 15) is 9.59 Å². The van der Waals surface area contributed by atoms with Gasteiger partial charge in [-0.2, -0.15) is 0 Å². The molecule has 1 aromatic heterocycles. The van der Waals surface area contributed by atoms with Crippen molar-refractivity contribution in [3.8, 4) is 0 Å². The molecule has 6 nitrogen and oxygen atoms in total. The fourth-order valence-electron chi connectivity index (χ4n) is 3.87. The minimum absolute atomic E-state index is 0.152. The Bertz CT molecular complexity index is 984. The summed E-state index contributed by atoms with van der Waals surface area (Å²) in [4.78, 5) is 28.5. The van der Waals surface area contributed by atoms with Crippen LogP contribution in [0.25, 0.3) is 0 Å². The maximum atomic E-state index is 13.5. The molecular weight excluding hydrogens is 396 g/mol. The van der Waals surface area contributed by atoms with Crippen LogP contribution in [-0.4, -0.2) is 27.4 Å². The molecule has 0 unspecified atom stereocenters. The Hall–Kier alpha value is -3.06. The number of rotatable bonds is 6. The minimum atomic E-state index is -0.803. The number of nitrogens with zero attached hydrogens (tertiary/aromatic N) is 3. The van der Waals surface area contributed by atoms with Crippen LogP contribution in [0.15, 0.2) is 60.0 Å². The molecule has 3 aromatic rings. The summed E-state index contributed by atoms with van der Waals surface area (Å²) < 4.78 is 3.83. The fourth-order valence-corrected chi connectivity index (χ4v) is 4.30. The number of hydrogen-bond acceptors (Lipinski definition) is 5. The average Bonchev–Trinajstić information content (AvgIpc) is 3.47. The van der Waals surface area contributed by atoms with Gasteiger partial charge in [0, 0.05) is 17.1 Å². The summed E-state index contributed by atoms with van der Waals surface area (Å²) in [5.74, 6) is -0.520. The van der Waals surface area contributed by atoms with Gasteiger partial charge < -0.3 is 5.32 Å². The van der Waals surface area contributed by atoms with E-state index in [2.05, 4.69) is 14.9 Å². The topological polar surface area (TPSA) is 75.2 Å². The van der Waals surface area contributed by atoms with Crippen molar-refractivity contribution >= 4 is 29.0 Å². The first-order chi connectivity index (χ1) is 14.6. The van der Waals surface area contributed by atoms with Gasteiger partial charge in [0.25, 0.3) is 5.91 Å². The molecule has 30 heavy (non-hydrogen) atoms. The highest BCUT2D eigenvalue weighted by Gasteiger charge is 2.35. The molecule has 0 saturated heterocycles. The van der Waals surface area contributed by atoms with E-state index < -0.39 is 6.04 Å². The Kier molecular flexibility index (Phi) is 6.18. The molecule has 0 aliphatic heterocycles. The number of benzene rings is 2. The fraction of sp³-hybridized carbons (Fsp3) is 0.304. The molecule has 2 amide bonds. The summed E-state index contributed by atoms with van der Waals surface area (Å²) in [6, 6.07) is 16.4. The summed E-state index contributed by atoms with van der Waals surface area (Å²) in [5, 5.41) is 8.75. The standard InChI is InChI=1S/C23H24N4O2S/c1-16-11-13-17(14-12-16)21(22(28)24-18-7-5-6-8-18)27(19-9-3-2-4-10-19)23(29)20-15-30-26-25-20/h2-4,9-15,18,21H,5-8H2,1H3,(H,24,28)/t21-/m1/s1. The van der Waals surface area contributed by atoms with Gasteiger partial charge >= 0.3 is 0 Å². The molecule has 0 spiro atoms. The highest BCUT2D eigenvalue weighted by atomic mass is 32.1. The average molecular weight is 421 g/mol. The number of anilines is 1. The van der Waals surface area contributed by atoms with Crippen molar-refractivity contribution < 1.29 is 9.59 Å². The summed E-state index contributed by atoms with van der Waals surface area (Å²) in [7, 11) is 0. The van der Waals surface area contributed by atoms with Crippen LogP contribution in [0.2, 0.25) is 0 Å². The van der Waals surface area contributed by atoms with Crippen LogP contribution < -0.4 is 10.2 Å². The molecule has 1 fully saturated rings. The Balaban J connectivity index is 1.78. The number of carbonyl (C=O) groups is 2. The Morgan fingerprint density at radius 3 is 2.40 bits per heavy atom. The lowest BCUT2D eigenvalue weighted by molar-refractivity contribution is -0.123. The van der Waals surface area contributed by atoms with E-state index in [1.807, 2.05) is 61.5 Å². The van der Waals surface area contributed by atoms with Crippen molar-refractivity contribution in [2.45, 2.75) is 44.7 Å². The summed E-state index contributed by atoms with van der Waals surface area (Å²) in [6.07, 6.45) is 4.18. The van der Waals surface area contributed by atoms with Gasteiger partial charge in [-0.3, -0.25) is 14.5 Å². The quantitative estimate of drug-likeness (QED) is 0.645. The molecule has 4 rings (SSSR count). The number of aryl methyl sites for hydroxylation is 1. The Morgan fingerprint density at radius 1 is 1.07 bits per heavy atom. The van der Waals surface area contributed by atoms with Crippen LogP contribution in [-0.2, 0) is 4.79 Å². The minimum Gasteiger partial charge on any atom is -0.351 e. The predicted octanol–water partition coefficient (Wildman–Crippen LogP) is 4.29. The van der Waals surface area contributed by atoms with Crippen molar-refractivity contribution in [1.82, 2.24) is 14.9 Å². The molecule has 0 radical (unpaired) electrons. The number of para-hydroxylation sites is 1. The molecule has 0 bridgehead atoms. The number of amides is 2. The van der Waals surface area contributed by atoms with Crippen LogP contribution in [0.4, 0.5) is 5.69 Å². The monoisotopic (exact) mass is 420 g/mol. The lowest BCUT2D eigenvalue weighted by atomic mass is 10.0. The van der Waals surface area contributed by atoms with Gasteiger partial charge in [-0.25, -0.2) is 0 Å². The number of nitrogens with one attached hydrogen (secondary N) is 1. The molecule has 1 aliphatic carbocycles. The molecule has 1 saturated carbocycles. The van der Waals surface area contributed by atoms with Crippen molar-refractivity contribution in [1.29, 1.82) is 0 Å². The maximum Gasteiger partial charge on any atom is 0.280 e. The smallest absolute Gasteiger partial charge is 0.280 e. The maximum absolute atomic E-state index is 13.5. The summed E-state index contributed by atoms with van der Waals surface area (Å²) in [5.41, 5.74) is 2.73. The number of carbonyl (C=O) groups excluding carboxylic acids is 2. The number of hydrogen-bond donors (Lipinski definition) is 1. The molecular formula is C23H24N4O2S. The molecule has 1 N–H and O–H groups in total. The van der Waals surface area contributed by atoms with Crippen molar-refractivity contribution in [2.24, 2.45) is 0 Å². The zero-order valence-electron chi connectivity index (χ0n) is 16.8. The highest BCUT2D eigenvalue weighted by Crippen LogP contribution is 2.30. The van der Waals surface area contributed by atoms with Crippen LogP contribution in [0.5, 0.6) is 0 Å². The van der Waals surface area contributed by atoms with E-state index >= 15 is 0 Å². The van der Waals surface area contributed by atoms with E-state index in [1.54, 1.807) is 5.38 Å². The molecule has 7 heteroatoms. The van der Waals surface area contributed by atoms with Crippen LogP contribution in [0.1, 0.15) is 53.3 Å². The third-order valence-electron chi connectivity index (χ3n) is 5.43. The summed E-state index contributed by atoms with van der Waals surface area (Å²) >= 11 is 1.12. The number of aromatic nitrogens is 2. The van der Waals surface area contributed by atoms with E-state index in [0.29, 0.717) is 5.69 Å². The van der Waals surface area contributed by atoms with Crippen molar-refractivity contribution in [2.75, 3.05) is 4.90 Å². The van der Waals surface area contributed by atoms with E-state index in [0.717, 1.165) is 48.3 Å². The highest BCUT2D eigenvalue weighted by molar-refractivity contribution is 7.03. The second-order valence-corrected chi connectivity index (χ2v) is 8.21. The van der Waals surface area contributed by atoms with Crippen LogP contribution in [0.3, 0.4) is 0 Å². The van der Waals surface area contributed by atoms with Gasteiger partial charge in [0.05, 0.1) is 0 Å². The van der Waals surface area contributed by atoms with E-state index in [4.69, 9.17) is 0 Å². The lowest BCUT2D eigenvalue weighted by Gasteiger charge is -2.32. The molecule has 1 heterocycles. The van der Waals surface area contributed by atoms with E-state index in [-0.39, 0.29) is 23.6 Å². The van der Waals surface area contributed by atoms with Gasteiger partial charge in [0.2, 0.25) is 5.91 Å². The van der Waals surface area contributed by atoms with E-state index in [1.165, 1.54) is 4.90 Å².